The predicted molar refractivity (Wildman–Crippen MR) is 92.6 cm³/mol. The minimum atomic E-state index is -0.597. The van der Waals surface area contributed by atoms with E-state index in [1.807, 2.05) is 0 Å². The molecular weight excluding hydrogens is 367 g/mol. The first-order chi connectivity index (χ1) is 11.9. The second kappa shape index (κ2) is 8.02. The topological polar surface area (TPSA) is 112 Å². The lowest BCUT2D eigenvalue weighted by molar-refractivity contribution is -0.384. The molecule has 0 aliphatic heterocycles. The van der Waals surface area contributed by atoms with E-state index in [1.165, 1.54) is 30.3 Å². The number of nitrogens with one attached hydrogen (secondary N) is 1. The Morgan fingerprint density at radius 3 is 2.52 bits per heavy atom. The van der Waals surface area contributed by atoms with Gasteiger partial charge in [-0.15, -0.1) is 0 Å². The molecule has 0 amide bonds. The summed E-state index contributed by atoms with van der Waals surface area (Å²) in [5, 5.41) is 31.8. The van der Waals surface area contributed by atoms with Gasteiger partial charge in [0.15, 0.2) is 0 Å². The molecule has 9 heteroatoms. The first-order valence-electron chi connectivity index (χ1n) is 6.62. The fourth-order valence-corrected chi connectivity index (χ4v) is 2.21. The van der Waals surface area contributed by atoms with Gasteiger partial charge in [0.1, 0.15) is 29.2 Å². The lowest BCUT2D eigenvalue weighted by Crippen LogP contribution is -1.95. The van der Waals surface area contributed by atoms with Crippen LogP contribution in [0.2, 0.25) is 10.0 Å². The maximum Gasteiger partial charge on any atom is 0.275 e. The molecule has 0 saturated heterocycles. The van der Waals surface area contributed by atoms with Gasteiger partial charge in [-0.3, -0.25) is 10.1 Å². The van der Waals surface area contributed by atoms with Gasteiger partial charge in [-0.2, -0.15) is 10.5 Å². The standard InChI is InChI=1S/C16H8Cl2N4O3/c17-11-1-2-16(15(18)3-11)25-14-5-12(4-13(6-14)22(23)24)21-9-10(7-19)8-20/h1-6,9,21H. The smallest absolute Gasteiger partial charge is 0.275 e. The van der Waals surface area contributed by atoms with Crippen molar-refractivity contribution in [3.8, 4) is 23.6 Å². The molecule has 0 radical (unpaired) electrons. The highest BCUT2D eigenvalue weighted by Gasteiger charge is 2.12. The van der Waals surface area contributed by atoms with Crippen LogP contribution in [0.4, 0.5) is 11.4 Å². The molecule has 0 heterocycles. The fourth-order valence-electron chi connectivity index (χ4n) is 1.76. The Hall–Kier alpha value is -3.26. The molecule has 0 saturated carbocycles. The molecule has 7 nitrogen and oxygen atoms in total. The first kappa shape index (κ1) is 18.1. The van der Waals surface area contributed by atoms with Crippen LogP contribution in [0.3, 0.4) is 0 Å². The van der Waals surface area contributed by atoms with E-state index in [0.29, 0.717) is 5.02 Å². The molecule has 2 aromatic rings. The molecule has 0 fully saturated rings. The van der Waals surface area contributed by atoms with Crippen molar-refractivity contribution in [2.24, 2.45) is 0 Å². The summed E-state index contributed by atoms with van der Waals surface area (Å²) in [6.07, 6.45) is 1.14. The summed E-state index contributed by atoms with van der Waals surface area (Å²) in [4.78, 5) is 10.5. The van der Waals surface area contributed by atoms with Gasteiger partial charge in [0, 0.05) is 29.0 Å². The van der Waals surface area contributed by atoms with E-state index in [4.69, 9.17) is 38.5 Å². The highest BCUT2D eigenvalue weighted by atomic mass is 35.5. The number of nitro benzene ring substituents is 1. The third-order valence-corrected chi connectivity index (χ3v) is 3.38. The number of hydrogen-bond donors (Lipinski definition) is 1. The minimum absolute atomic E-state index is 0.143. The molecule has 0 aliphatic rings. The summed E-state index contributed by atoms with van der Waals surface area (Å²) in [7, 11) is 0. The van der Waals surface area contributed by atoms with Crippen LogP contribution in [0.5, 0.6) is 11.5 Å². The predicted octanol–water partition coefficient (Wildman–Crippen LogP) is 5.04. The number of nitriles is 2. The number of ether oxygens (including phenoxy) is 1. The normalized spacial score (nSPS) is 9.44. The van der Waals surface area contributed by atoms with E-state index >= 15 is 0 Å². The van der Waals surface area contributed by atoms with Gasteiger partial charge in [-0.05, 0) is 18.2 Å². The number of nitrogens with zero attached hydrogens (tertiary/aromatic N) is 3. The number of halogens is 2. The van der Waals surface area contributed by atoms with E-state index in [1.54, 1.807) is 18.2 Å². The van der Waals surface area contributed by atoms with E-state index in [-0.39, 0.29) is 33.5 Å². The van der Waals surface area contributed by atoms with Crippen molar-refractivity contribution in [3.63, 3.8) is 0 Å². The molecule has 25 heavy (non-hydrogen) atoms. The summed E-state index contributed by atoms with van der Waals surface area (Å²) in [5.41, 5.74) is -0.166. The molecule has 0 bridgehead atoms. The Morgan fingerprint density at radius 2 is 1.92 bits per heavy atom. The Kier molecular flexibility index (Phi) is 5.80. The van der Waals surface area contributed by atoms with Gasteiger partial charge >= 0.3 is 0 Å². The molecule has 0 spiro atoms. The van der Waals surface area contributed by atoms with Gasteiger partial charge < -0.3 is 10.1 Å². The third kappa shape index (κ3) is 4.85. The molecule has 0 atom stereocenters. The third-order valence-electron chi connectivity index (χ3n) is 2.85. The Morgan fingerprint density at radius 1 is 1.20 bits per heavy atom. The van der Waals surface area contributed by atoms with Crippen LogP contribution in [0.1, 0.15) is 0 Å². The van der Waals surface area contributed by atoms with E-state index in [2.05, 4.69) is 5.32 Å². The summed E-state index contributed by atoms with van der Waals surface area (Å²) in [5.74, 6) is 0.410. The van der Waals surface area contributed by atoms with Crippen molar-refractivity contribution in [1.82, 2.24) is 0 Å². The number of hydrogen-bond acceptors (Lipinski definition) is 6. The van der Waals surface area contributed by atoms with Crippen LogP contribution >= 0.6 is 23.2 Å². The fraction of sp³-hybridized carbons (Fsp3) is 0. The maximum atomic E-state index is 11.1. The number of rotatable bonds is 5. The number of anilines is 1. The van der Waals surface area contributed by atoms with Crippen molar-refractivity contribution in [1.29, 1.82) is 10.5 Å². The number of non-ortho nitro benzene ring substituents is 1. The second-order valence-corrected chi connectivity index (χ2v) is 5.42. The van der Waals surface area contributed by atoms with Gasteiger partial charge in [-0.25, -0.2) is 0 Å². The Labute approximate surface area is 152 Å². The second-order valence-electron chi connectivity index (χ2n) is 4.58. The van der Waals surface area contributed by atoms with E-state index in [0.717, 1.165) is 6.20 Å². The molecule has 124 valence electrons. The Balaban J connectivity index is 2.37. The largest absolute Gasteiger partial charge is 0.455 e. The average molecular weight is 375 g/mol. The highest BCUT2D eigenvalue weighted by molar-refractivity contribution is 6.35. The molecule has 2 aromatic carbocycles. The SMILES string of the molecule is N#CC(C#N)=CNc1cc(Oc2ccc(Cl)cc2Cl)cc([N+](=O)[O-])c1. The zero-order valence-electron chi connectivity index (χ0n) is 12.4. The van der Waals surface area contributed by atoms with Crippen molar-refractivity contribution < 1.29 is 9.66 Å². The van der Waals surface area contributed by atoms with Crippen LogP contribution in [-0.4, -0.2) is 4.92 Å². The van der Waals surface area contributed by atoms with Crippen molar-refractivity contribution in [2.75, 3.05) is 5.32 Å². The van der Waals surface area contributed by atoms with Crippen LogP contribution < -0.4 is 10.1 Å². The molecule has 2 rings (SSSR count). The summed E-state index contributed by atoms with van der Waals surface area (Å²) >= 11 is 11.8. The van der Waals surface area contributed by atoms with Gasteiger partial charge in [0.25, 0.3) is 5.69 Å². The van der Waals surface area contributed by atoms with Crippen molar-refractivity contribution in [2.45, 2.75) is 0 Å². The minimum Gasteiger partial charge on any atom is -0.455 e. The maximum absolute atomic E-state index is 11.1. The zero-order chi connectivity index (χ0) is 18.4. The number of nitro groups is 1. The number of benzene rings is 2. The molecule has 1 N–H and O–H groups in total. The van der Waals surface area contributed by atoms with Crippen LogP contribution in [0.15, 0.2) is 48.2 Å². The lowest BCUT2D eigenvalue weighted by atomic mass is 10.2. The average Bonchev–Trinajstić information content (AvgIpc) is 2.58. The lowest BCUT2D eigenvalue weighted by Gasteiger charge is -2.09. The van der Waals surface area contributed by atoms with Crippen molar-refractivity contribution in [3.05, 3.63) is 68.3 Å². The quantitative estimate of drug-likeness (QED) is 0.445. The van der Waals surface area contributed by atoms with Crippen LogP contribution in [0, 0.1) is 32.8 Å². The number of allylic oxidation sites excluding steroid dienone is 1. The van der Waals surface area contributed by atoms with E-state index < -0.39 is 4.92 Å². The first-order valence-corrected chi connectivity index (χ1v) is 7.38. The summed E-state index contributed by atoms with van der Waals surface area (Å²) in [6.45, 7) is 0. The monoisotopic (exact) mass is 374 g/mol. The molecule has 0 aliphatic carbocycles. The summed E-state index contributed by atoms with van der Waals surface area (Å²) in [6, 6.07) is 11.8. The zero-order valence-corrected chi connectivity index (χ0v) is 13.9. The molecule has 0 unspecified atom stereocenters. The van der Waals surface area contributed by atoms with Gasteiger partial charge in [0.05, 0.1) is 16.0 Å². The van der Waals surface area contributed by atoms with E-state index in [9.17, 15) is 10.1 Å². The highest BCUT2D eigenvalue weighted by Crippen LogP contribution is 2.34. The van der Waals surface area contributed by atoms with Gasteiger partial charge in [-0.1, -0.05) is 23.2 Å². The van der Waals surface area contributed by atoms with Crippen LogP contribution in [0.25, 0.3) is 0 Å². The van der Waals surface area contributed by atoms with Crippen molar-refractivity contribution >= 4 is 34.6 Å². The molecular formula is C16H8Cl2N4O3. The molecule has 0 aromatic heterocycles. The summed E-state index contributed by atoms with van der Waals surface area (Å²) < 4.78 is 5.57. The van der Waals surface area contributed by atoms with Crippen LogP contribution in [-0.2, 0) is 0 Å². The van der Waals surface area contributed by atoms with Gasteiger partial charge in [0.2, 0.25) is 0 Å². The Bertz CT molecular complexity index is 929.